The summed E-state index contributed by atoms with van der Waals surface area (Å²) in [5.41, 5.74) is 0.671. The van der Waals surface area contributed by atoms with Crippen molar-refractivity contribution in [2.75, 3.05) is 0 Å². The lowest BCUT2D eigenvalue weighted by Gasteiger charge is -2.19. The van der Waals surface area contributed by atoms with Gasteiger partial charge >= 0.3 is 0 Å². The van der Waals surface area contributed by atoms with Crippen molar-refractivity contribution in [2.24, 2.45) is 0 Å². The number of aromatic nitrogens is 1. The highest BCUT2D eigenvalue weighted by atomic mass is 79.9. The van der Waals surface area contributed by atoms with Gasteiger partial charge in [-0.1, -0.05) is 0 Å². The minimum Gasteiger partial charge on any atom is -0.391 e. The number of ether oxygens (including phenoxy) is 1. The maximum absolute atomic E-state index is 9.31. The number of nitriles is 1. The summed E-state index contributed by atoms with van der Waals surface area (Å²) in [6.07, 6.45) is 1.48. The molecule has 0 aliphatic carbocycles. The minimum absolute atomic E-state index is 0.399. The van der Waals surface area contributed by atoms with Crippen molar-refractivity contribution in [3.8, 4) is 6.07 Å². The Morgan fingerprint density at radius 1 is 1.50 bits per heavy atom. The lowest BCUT2D eigenvalue weighted by Crippen LogP contribution is -2.24. The van der Waals surface area contributed by atoms with Crippen molar-refractivity contribution >= 4 is 15.9 Å². The molecule has 16 heavy (non-hydrogen) atoms. The zero-order valence-corrected chi connectivity index (χ0v) is 10.7. The molecular formula is C11H13BrN2O2. The molecule has 0 saturated heterocycles. The minimum atomic E-state index is -0.713. The van der Waals surface area contributed by atoms with Crippen LogP contribution < -0.4 is 0 Å². The second-order valence-corrected chi connectivity index (χ2v) is 4.44. The predicted molar refractivity (Wildman–Crippen MR) is 62.5 cm³/mol. The number of hydrogen-bond donors (Lipinski definition) is 1. The first kappa shape index (κ1) is 13.1. The molecule has 1 heterocycles. The van der Waals surface area contributed by atoms with Crippen LogP contribution in [-0.4, -0.2) is 22.3 Å². The summed E-state index contributed by atoms with van der Waals surface area (Å²) in [4.78, 5) is 3.96. The van der Waals surface area contributed by atoms with Gasteiger partial charge in [-0.2, -0.15) is 5.26 Å². The van der Waals surface area contributed by atoms with Crippen LogP contribution in [0.15, 0.2) is 22.9 Å². The molecule has 0 bridgehead atoms. The van der Waals surface area contributed by atoms with E-state index >= 15 is 0 Å². The van der Waals surface area contributed by atoms with Gasteiger partial charge in [-0.15, -0.1) is 0 Å². The Labute approximate surface area is 103 Å². The molecule has 3 unspecified atom stereocenters. The number of aliphatic hydroxyl groups excluding tert-OH is 1. The number of pyridine rings is 1. The lowest BCUT2D eigenvalue weighted by atomic mass is 10.1. The van der Waals surface area contributed by atoms with Crippen LogP contribution in [0.3, 0.4) is 0 Å². The Morgan fingerprint density at radius 2 is 2.19 bits per heavy atom. The highest BCUT2D eigenvalue weighted by molar-refractivity contribution is 9.10. The molecule has 4 nitrogen and oxygen atoms in total. The van der Waals surface area contributed by atoms with Crippen molar-refractivity contribution < 1.29 is 9.84 Å². The average molecular weight is 285 g/mol. The summed E-state index contributed by atoms with van der Waals surface area (Å²) in [7, 11) is 0. The van der Waals surface area contributed by atoms with Crippen LogP contribution in [0.5, 0.6) is 0 Å². The van der Waals surface area contributed by atoms with E-state index in [9.17, 15) is 5.11 Å². The molecule has 1 aromatic heterocycles. The summed E-state index contributed by atoms with van der Waals surface area (Å²) >= 11 is 3.28. The molecule has 0 radical (unpaired) electrons. The standard InChI is InChI=1S/C11H13BrN2O2/c1-7(15)8(2)16-11(4-13)9-3-10(12)6-14-5-9/h3,5-8,11,15H,1-2H3. The number of nitrogens with zero attached hydrogens (tertiary/aromatic N) is 2. The Bertz CT molecular complexity index is 390. The third-order valence-corrected chi connectivity index (χ3v) is 2.61. The van der Waals surface area contributed by atoms with E-state index in [2.05, 4.69) is 20.9 Å². The largest absolute Gasteiger partial charge is 0.391 e. The van der Waals surface area contributed by atoms with Gasteiger partial charge in [0.1, 0.15) is 0 Å². The number of hydrogen-bond acceptors (Lipinski definition) is 4. The van der Waals surface area contributed by atoms with Crippen LogP contribution in [0.4, 0.5) is 0 Å². The quantitative estimate of drug-likeness (QED) is 0.921. The second-order valence-electron chi connectivity index (χ2n) is 3.53. The van der Waals surface area contributed by atoms with Gasteiger partial charge < -0.3 is 9.84 Å². The number of halogens is 1. The molecule has 0 amide bonds. The highest BCUT2D eigenvalue weighted by Crippen LogP contribution is 2.21. The van der Waals surface area contributed by atoms with Crippen molar-refractivity contribution in [3.05, 3.63) is 28.5 Å². The van der Waals surface area contributed by atoms with Crippen molar-refractivity contribution in [2.45, 2.75) is 32.2 Å². The molecule has 1 N–H and O–H groups in total. The fraction of sp³-hybridized carbons (Fsp3) is 0.455. The molecule has 0 spiro atoms. The molecule has 1 rings (SSSR count). The van der Waals surface area contributed by atoms with E-state index in [1.165, 1.54) is 0 Å². The zero-order valence-electron chi connectivity index (χ0n) is 9.09. The summed E-state index contributed by atoms with van der Waals surface area (Å²) in [6, 6.07) is 3.81. The zero-order chi connectivity index (χ0) is 12.1. The monoisotopic (exact) mass is 284 g/mol. The molecule has 0 aliphatic rings. The maximum Gasteiger partial charge on any atom is 0.171 e. The summed E-state index contributed by atoms with van der Waals surface area (Å²) in [6.45, 7) is 3.35. The Balaban J connectivity index is 2.80. The van der Waals surface area contributed by atoms with E-state index in [-0.39, 0.29) is 0 Å². The van der Waals surface area contributed by atoms with E-state index in [4.69, 9.17) is 10.00 Å². The average Bonchev–Trinajstić information content (AvgIpc) is 2.25. The van der Waals surface area contributed by atoms with E-state index < -0.39 is 18.3 Å². The van der Waals surface area contributed by atoms with E-state index in [0.29, 0.717) is 5.56 Å². The first-order valence-corrected chi connectivity index (χ1v) is 5.67. The highest BCUT2D eigenvalue weighted by Gasteiger charge is 2.18. The van der Waals surface area contributed by atoms with Gasteiger partial charge in [0.15, 0.2) is 6.10 Å². The SMILES string of the molecule is CC(O)C(C)OC(C#N)c1cncc(Br)c1. The van der Waals surface area contributed by atoms with Crippen LogP contribution in [0, 0.1) is 11.3 Å². The molecule has 0 aromatic carbocycles. The van der Waals surface area contributed by atoms with E-state index in [1.54, 1.807) is 32.3 Å². The van der Waals surface area contributed by atoms with Crippen LogP contribution in [0.2, 0.25) is 0 Å². The third kappa shape index (κ3) is 3.56. The number of rotatable bonds is 4. The first-order chi connectivity index (χ1) is 7.54. The van der Waals surface area contributed by atoms with Crippen molar-refractivity contribution in [1.82, 2.24) is 4.98 Å². The Morgan fingerprint density at radius 3 is 2.69 bits per heavy atom. The van der Waals surface area contributed by atoms with Gasteiger partial charge in [0.05, 0.1) is 18.3 Å². The Kier molecular flexibility index (Phi) is 4.87. The molecule has 0 aliphatic heterocycles. The summed E-state index contributed by atoms with van der Waals surface area (Å²) in [5, 5.41) is 18.3. The summed E-state index contributed by atoms with van der Waals surface area (Å²) in [5.74, 6) is 0. The topological polar surface area (TPSA) is 66.1 Å². The molecule has 0 saturated carbocycles. The first-order valence-electron chi connectivity index (χ1n) is 4.88. The van der Waals surface area contributed by atoms with Gasteiger partial charge in [-0.05, 0) is 35.8 Å². The van der Waals surface area contributed by atoms with Gasteiger partial charge in [0, 0.05) is 22.4 Å². The van der Waals surface area contributed by atoms with E-state index in [0.717, 1.165) is 4.47 Å². The van der Waals surface area contributed by atoms with Gasteiger partial charge in [-0.3, -0.25) is 4.98 Å². The predicted octanol–water partition coefficient (Wildman–Crippen LogP) is 2.19. The molecule has 3 atom stereocenters. The maximum atomic E-state index is 9.31. The lowest BCUT2D eigenvalue weighted by molar-refractivity contribution is -0.0427. The van der Waals surface area contributed by atoms with Crippen molar-refractivity contribution in [1.29, 1.82) is 5.26 Å². The fourth-order valence-electron chi connectivity index (χ4n) is 1.08. The van der Waals surface area contributed by atoms with Gasteiger partial charge in [-0.25, -0.2) is 0 Å². The van der Waals surface area contributed by atoms with Gasteiger partial charge in [0.2, 0.25) is 0 Å². The van der Waals surface area contributed by atoms with Crippen LogP contribution in [0.25, 0.3) is 0 Å². The molecule has 0 fully saturated rings. The second kappa shape index (κ2) is 5.94. The molecule has 86 valence electrons. The van der Waals surface area contributed by atoms with Crippen LogP contribution in [0.1, 0.15) is 25.5 Å². The van der Waals surface area contributed by atoms with Crippen molar-refractivity contribution in [3.63, 3.8) is 0 Å². The summed E-state index contributed by atoms with van der Waals surface area (Å²) < 4.78 is 6.22. The molecular weight excluding hydrogens is 272 g/mol. The molecule has 5 heteroatoms. The van der Waals surface area contributed by atoms with Crippen LogP contribution in [-0.2, 0) is 4.74 Å². The number of aliphatic hydroxyl groups is 1. The third-order valence-electron chi connectivity index (χ3n) is 2.18. The Hall–Kier alpha value is -0.960. The van der Waals surface area contributed by atoms with E-state index in [1.807, 2.05) is 6.07 Å². The fourth-order valence-corrected chi connectivity index (χ4v) is 1.47. The van der Waals surface area contributed by atoms with Crippen LogP contribution >= 0.6 is 15.9 Å². The smallest absolute Gasteiger partial charge is 0.171 e. The normalized spacial score (nSPS) is 16.2. The molecule has 1 aromatic rings. The van der Waals surface area contributed by atoms with Gasteiger partial charge in [0.25, 0.3) is 0 Å².